The number of amides is 2. The van der Waals surface area contributed by atoms with Crippen LogP contribution >= 0.6 is 11.3 Å². The Kier molecular flexibility index (Phi) is 6.72. The van der Waals surface area contributed by atoms with Gasteiger partial charge in [0.2, 0.25) is 16.9 Å². The Morgan fingerprint density at radius 1 is 1.13 bits per heavy atom. The van der Waals surface area contributed by atoms with Crippen LogP contribution in [-0.4, -0.2) is 28.6 Å². The number of hydrogen-bond acceptors (Lipinski definition) is 5. The highest BCUT2D eigenvalue weighted by Gasteiger charge is 2.34. The topological polar surface area (TPSA) is 75.2 Å². The second-order valence-corrected chi connectivity index (χ2v) is 8.73. The lowest BCUT2D eigenvalue weighted by molar-refractivity contribution is -0.117. The zero-order valence-corrected chi connectivity index (χ0v) is 18.4. The molecule has 0 radical (unpaired) electrons. The van der Waals surface area contributed by atoms with Crippen LogP contribution in [0.3, 0.4) is 0 Å². The Morgan fingerprint density at radius 3 is 2.71 bits per heavy atom. The Hall–Kier alpha value is -3.06. The maximum Gasteiger partial charge on any atom is 0.227 e. The van der Waals surface area contributed by atoms with Crippen LogP contribution in [0.25, 0.3) is 0 Å². The van der Waals surface area contributed by atoms with E-state index in [1.807, 2.05) is 41.3 Å². The van der Waals surface area contributed by atoms with Gasteiger partial charge in [0.15, 0.2) is 0 Å². The highest BCUT2D eigenvalue weighted by molar-refractivity contribution is 7.15. The Morgan fingerprint density at radius 2 is 1.90 bits per heavy atom. The molecule has 0 aliphatic carbocycles. The molecular formula is C24H26N4O2S. The van der Waals surface area contributed by atoms with Gasteiger partial charge >= 0.3 is 0 Å². The van der Waals surface area contributed by atoms with Crippen LogP contribution in [0.2, 0.25) is 0 Å². The molecule has 1 aromatic heterocycles. The smallest absolute Gasteiger partial charge is 0.227 e. The quantitative estimate of drug-likeness (QED) is 0.563. The summed E-state index contributed by atoms with van der Waals surface area (Å²) in [5, 5.41) is 12.5. The standard InChI is InChI=1S/C24H26N4O2S/c1-2-18-12-6-7-13-20(18)28-16-19(15-22(28)30)23-26-27-24(31-23)25-21(29)14-8-11-17-9-4-3-5-10-17/h3-7,9-10,12-13,19H,2,8,11,14-16H2,1H3,(H,25,27,29). The van der Waals surface area contributed by atoms with Crippen LogP contribution in [0.15, 0.2) is 54.6 Å². The molecule has 6 nitrogen and oxygen atoms in total. The van der Waals surface area contributed by atoms with Crippen molar-refractivity contribution >= 4 is 34.0 Å². The lowest BCUT2D eigenvalue weighted by atomic mass is 10.1. The predicted octanol–water partition coefficient (Wildman–Crippen LogP) is 4.58. The molecule has 1 unspecified atom stereocenters. The average molecular weight is 435 g/mol. The third-order valence-electron chi connectivity index (χ3n) is 5.54. The number of para-hydroxylation sites is 1. The van der Waals surface area contributed by atoms with Gasteiger partial charge in [-0.2, -0.15) is 0 Å². The van der Waals surface area contributed by atoms with Crippen molar-refractivity contribution in [3.63, 3.8) is 0 Å². The molecule has 7 heteroatoms. The van der Waals surface area contributed by atoms with Gasteiger partial charge in [0.25, 0.3) is 0 Å². The maximum atomic E-state index is 12.7. The minimum Gasteiger partial charge on any atom is -0.311 e. The fourth-order valence-corrected chi connectivity index (χ4v) is 4.76. The minimum absolute atomic E-state index is 0.00125. The average Bonchev–Trinajstić information content (AvgIpc) is 3.41. The number of hydrogen-bond donors (Lipinski definition) is 1. The Bertz CT molecular complexity index is 1050. The highest BCUT2D eigenvalue weighted by Crippen LogP contribution is 2.35. The molecule has 0 spiro atoms. The molecule has 160 valence electrons. The first kappa shape index (κ1) is 21.2. The maximum absolute atomic E-state index is 12.7. The van der Waals surface area contributed by atoms with Crippen LogP contribution in [0.4, 0.5) is 10.8 Å². The largest absolute Gasteiger partial charge is 0.311 e. The third kappa shape index (κ3) is 5.17. The molecule has 2 amide bonds. The van der Waals surface area contributed by atoms with E-state index in [-0.39, 0.29) is 17.7 Å². The lowest BCUT2D eigenvalue weighted by Gasteiger charge is -2.19. The fraction of sp³-hybridized carbons (Fsp3) is 0.333. The zero-order valence-electron chi connectivity index (χ0n) is 17.6. The molecule has 1 aliphatic heterocycles. The van der Waals surface area contributed by atoms with E-state index in [9.17, 15) is 9.59 Å². The van der Waals surface area contributed by atoms with Crippen LogP contribution < -0.4 is 10.2 Å². The van der Waals surface area contributed by atoms with E-state index in [0.717, 1.165) is 35.5 Å². The van der Waals surface area contributed by atoms with Crippen molar-refractivity contribution in [1.29, 1.82) is 0 Å². The number of aryl methyl sites for hydroxylation is 2. The van der Waals surface area contributed by atoms with Gasteiger partial charge in [-0.05, 0) is 36.5 Å². The summed E-state index contributed by atoms with van der Waals surface area (Å²) < 4.78 is 0. The fourth-order valence-electron chi connectivity index (χ4n) is 3.91. The highest BCUT2D eigenvalue weighted by atomic mass is 32.1. The monoisotopic (exact) mass is 434 g/mol. The first-order valence-electron chi connectivity index (χ1n) is 10.7. The van der Waals surface area contributed by atoms with Gasteiger partial charge in [0, 0.05) is 31.0 Å². The normalized spacial score (nSPS) is 16.0. The molecule has 0 bridgehead atoms. The first-order valence-corrected chi connectivity index (χ1v) is 11.5. The number of carbonyl (C=O) groups is 2. The number of anilines is 2. The first-order chi connectivity index (χ1) is 15.1. The molecule has 2 aromatic carbocycles. The van der Waals surface area contributed by atoms with E-state index in [0.29, 0.717) is 24.5 Å². The zero-order chi connectivity index (χ0) is 21.6. The SMILES string of the molecule is CCc1ccccc1N1CC(c2nnc(NC(=O)CCCc3ccccc3)s2)CC1=O. The van der Waals surface area contributed by atoms with Gasteiger partial charge in [0.1, 0.15) is 5.01 Å². The summed E-state index contributed by atoms with van der Waals surface area (Å²) in [5.74, 6) is 0.0471. The molecule has 0 saturated carbocycles. The van der Waals surface area contributed by atoms with Gasteiger partial charge in [-0.1, -0.05) is 66.8 Å². The van der Waals surface area contributed by atoms with Crippen LogP contribution in [0.1, 0.15) is 48.2 Å². The van der Waals surface area contributed by atoms with E-state index >= 15 is 0 Å². The predicted molar refractivity (Wildman–Crippen MR) is 123 cm³/mol. The number of aromatic nitrogens is 2. The number of nitrogens with zero attached hydrogens (tertiary/aromatic N) is 3. The summed E-state index contributed by atoms with van der Waals surface area (Å²) in [6.07, 6.45) is 3.38. The van der Waals surface area contributed by atoms with Crippen LogP contribution in [-0.2, 0) is 22.4 Å². The molecule has 1 saturated heterocycles. The summed E-state index contributed by atoms with van der Waals surface area (Å²) in [6, 6.07) is 18.2. The van der Waals surface area contributed by atoms with Crippen molar-refractivity contribution in [2.45, 2.75) is 44.9 Å². The van der Waals surface area contributed by atoms with Crippen LogP contribution in [0.5, 0.6) is 0 Å². The second kappa shape index (κ2) is 9.83. The third-order valence-corrected chi connectivity index (χ3v) is 6.54. The lowest BCUT2D eigenvalue weighted by Crippen LogP contribution is -2.25. The minimum atomic E-state index is -0.0559. The van der Waals surface area contributed by atoms with E-state index in [1.165, 1.54) is 16.9 Å². The van der Waals surface area contributed by atoms with Crippen molar-refractivity contribution in [3.05, 3.63) is 70.7 Å². The van der Waals surface area contributed by atoms with Gasteiger partial charge in [-0.15, -0.1) is 10.2 Å². The summed E-state index contributed by atoms with van der Waals surface area (Å²) >= 11 is 1.36. The van der Waals surface area contributed by atoms with Crippen molar-refractivity contribution in [3.8, 4) is 0 Å². The van der Waals surface area contributed by atoms with Crippen LogP contribution in [0, 0.1) is 0 Å². The molecule has 1 N–H and O–H groups in total. The molecule has 3 aromatic rings. The van der Waals surface area contributed by atoms with E-state index in [4.69, 9.17) is 0 Å². The van der Waals surface area contributed by atoms with Crippen molar-refractivity contribution in [1.82, 2.24) is 10.2 Å². The van der Waals surface area contributed by atoms with Gasteiger partial charge in [-0.3, -0.25) is 9.59 Å². The molecule has 4 rings (SSSR count). The molecule has 31 heavy (non-hydrogen) atoms. The number of nitrogens with one attached hydrogen (secondary N) is 1. The van der Waals surface area contributed by atoms with Crippen molar-refractivity contribution in [2.75, 3.05) is 16.8 Å². The Balaban J connectivity index is 1.32. The summed E-state index contributed by atoms with van der Waals surface area (Å²) in [7, 11) is 0. The number of carbonyl (C=O) groups excluding carboxylic acids is 2. The number of rotatable bonds is 8. The second-order valence-electron chi connectivity index (χ2n) is 7.72. The molecule has 1 fully saturated rings. The Labute approximate surface area is 186 Å². The molecule has 1 aliphatic rings. The summed E-state index contributed by atoms with van der Waals surface area (Å²) in [5.41, 5.74) is 3.37. The van der Waals surface area contributed by atoms with Gasteiger partial charge in [0.05, 0.1) is 0 Å². The van der Waals surface area contributed by atoms with Gasteiger partial charge in [-0.25, -0.2) is 0 Å². The molecular weight excluding hydrogens is 408 g/mol. The summed E-state index contributed by atoms with van der Waals surface area (Å²) in [6.45, 7) is 2.69. The van der Waals surface area contributed by atoms with E-state index in [2.05, 4.69) is 40.6 Å². The van der Waals surface area contributed by atoms with Crippen molar-refractivity contribution in [2.24, 2.45) is 0 Å². The number of benzene rings is 2. The molecule has 2 heterocycles. The van der Waals surface area contributed by atoms with E-state index < -0.39 is 0 Å². The van der Waals surface area contributed by atoms with Gasteiger partial charge < -0.3 is 10.2 Å². The van der Waals surface area contributed by atoms with E-state index in [1.54, 1.807) is 0 Å². The molecule has 1 atom stereocenters. The van der Waals surface area contributed by atoms with Crippen molar-refractivity contribution < 1.29 is 9.59 Å². The summed E-state index contributed by atoms with van der Waals surface area (Å²) in [4.78, 5) is 26.8.